The highest BCUT2D eigenvalue weighted by molar-refractivity contribution is 5.76. The van der Waals surface area contributed by atoms with E-state index in [1.54, 1.807) is 12.5 Å². The molecule has 1 aliphatic rings. The van der Waals surface area contributed by atoms with Crippen LogP contribution in [0.15, 0.2) is 18.7 Å². The lowest BCUT2D eigenvalue weighted by molar-refractivity contribution is -0.122. The van der Waals surface area contributed by atoms with Crippen LogP contribution < -0.4 is 5.32 Å². The number of nitrogens with zero attached hydrogens (tertiary/aromatic N) is 2. The SMILES string of the molecule is CCCC(CC(=O)NCC1CCCC1O)n1ccnc1. The van der Waals surface area contributed by atoms with Crippen LogP contribution in [0.25, 0.3) is 0 Å². The third-order valence-electron chi connectivity index (χ3n) is 4.17. The van der Waals surface area contributed by atoms with Crippen molar-refractivity contribution in [1.82, 2.24) is 14.9 Å². The topological polar surface area (TPSA) is 67.2 Å². The van der Waals surface area contributed by atoms with Gasteiger partial charge in [-0.2, -0.15) is 0 Å². The highest BCUT2D eigenvalue weighted by Gasteiger charge is 2.25. The largest absolute Gasteiger partial charge is 0.393 e. The highest BCUT2D eigenvalue weighted by atomic mass is 16.3. The molecular weight excluding hydrogens is 254 g/mol. The maximum Gasteiger partial charge on any atom is 0.222 e. The van der Waals surface area contributed by atoms with Gasteiger partial charge in [0.25, 0.3) is 0 Å². The molecule has 0 saturated heterocycles. The van der Waals surface area contributed by atoms with Crippen molar-refractivity contribution >= 4 is 5.91 Å². The molecule has 3 unspecified atom stereocenters. The molecule has 0 aliphatic heterocycles. The Morgan fingerprint density at radius 2 is 2.40 bits per heavy atom. The van der Waals surface area contributed by atoms with E-state index in [9.17, 15) is 9.90 Å². The van der Waals surface area contributed by atoms with Gasteiger partial charge in [-0.05, 0) is 19.3 Å². The summed E-state index contributed by atoms with van der Waals surface area (Å²) in [7, 11) is 0. The van der Waals surface area contributed by atoms with Gasteiger partial charge in [0, 0.05) is 37.3 Å². The lowest BCUT2D eigenvalue weighted by atomic mass is 10.1. The molecule has 2 N–H and O–H groups in total. The molecule has 5 heteroatoms. The van der Waals surface area contributed by atoms with Crippen LogP contribution >= 0.6 is 0 Å². The van der Waals surface area contributed by atoms with Crippen LogP contribution in [0.5, 0.6) is 0 Å². The van der Waals surface area contributed by atoms with E-state index in [0.29, 0.717) is 13.0 Å². The van der Waals surface area contributed by atoms with Gasteiger partial charge in [-0.1, -0.05) is 19.8 Å². The summed E-state index contributed by atoms with van der Waals surface area (Å²) in [5.41, 5.74) is 0. The second kappa shape index (κ2) is 7.43. The Balaban J connectivity index is 1.79. The summed E-state index contributed by atoms with van der Waals surface area (Å²) in [6.45, 7) is 2.72. The van der Waals surface area contributed by atoms with Crippen LogP contribution in [-0.4, -0.2) is 33.2 Å². The van der Waals surface area contributed by atoms with Crippen LogP contribution in [0.2, 0.25) is 0 Å². The Morgan fingerprint density at radius 1 is 1.55 bits per heavy atom. The Kier molecular flexibility index (Phi) is 5.59. The van der Waals surface area contributed by atoms with E-state index in [2.05, 4.69) is 17.2 Å². The molecule has 5 nitrogen and oxygen atoms in total. The number of aromatic nitrogens is 2. The number of nitrogens with one attached hydrogen (secondary N) is 1. The smallest absolute Gasteiger partial charge is 0.222 e. The summed E-state index contributed by atoms with van der Waals surface area (Å²) >= 11 is 0. The molecule has 20 heavy (non-hydrogen) atoms. The molecule has 1 aromatic rings. The molecule has 1 aliphatic carbocycles. The van der Waals surface area contributed by atoms with E-state index in [-0.39, 0.29) is 24.0 Å². The second-order valence-electron chi connectivity index (χ2n) is 5.72. The van der Waals surface area contributed by atoms with Gasteiger partial charge in [-0.3, -0.25) is 4.79 Å². The molecule has 3 atom stereocenters. The Hall–Kier alpha value is -1.36. The van der Waals surface area contributed by atoms with E-state index in [4.69, 9.17) is 0 Å². The third-order valence-corrected chi connectivity index (χ3v) is 4.17. The zero-order valence-electron chi connectivity index (χ0n) is 12.2. The van der Waals surface area contributed by atoms with E-state index >= 15 is 0 Å². The van der Waals surface area contributed by atoms with Gasteiger partial charge in [0.05, 0.1) is 12.4 Å². The van der Waals surface area contributed by atoms with Gasteiger partial charge in [0.2, 0.25) is 5.91 Å². The minimum atomic E-state index is -0.240. The zero-order valence-corrected chi connectivity index (χ0v) is 12.2. The maximum absolute atomic E-state index is 12.1. The number of hydrogen-bond donors (Lipinski definition) is 2. The first-order chi connectivity index (χ1) is 9.70. The molecule has 2 rings (SSSR count). The molecule has 0 bridgehead atoms. The normalized spacial score (nSPS) is 23.7. The fourth-order valence-corrected chi connectivity index (χ4v) is 2.96. The van der Waals surface area contributed by atoms with Gasteiger partial charge in [-0.25, -0.2) is 4.98 Å². The molecule has 1 amide bonds. The Morgan fingerprint density at radius 3 is 3.00 bits per heavy atom. The predicted molar refractivity (Wildman–Crippen MR) is 77.1 cm³/mol. The summed E-state index contributed by atoms with van der Waals surface area (Å²) in [5, 5.41) is 12.7. The van der Waals surface area contributed by atoms with Crippen molar-refractivity contribution in [2.45, 2.75) is 57.6 Å². The first kappa shape index (κ1) is 15.0. The summed E-state index contributed by atoms with van der Waals surface area (Å²) in [6.07, 6.45) is 10.6. The fraction of sp³-hybridized carbons (Fsp3) is 0.733. The number of amides is 1. The molecule has 0 aromatic carbocycles. The van der Waals surface area contributed by atoms with Crippen molar-refractivity contribution < 1.29 is 9.90 Å². The molecule has 0 spiro atoms. The van der Waals surface area contributed by atoms with Crippen LogP contribution in [0.1, 0.15) is 51.5 Å². The molecule has 1 saturated carbocycles. The fourth-order valence-electron chi connectivity index (χ4n) is 2.96. The summed E-state index contributed by atoms with van der Waals surface area (Å²) in [4.78, 5) is 16.1. The monoisotopic (exact) mass is 279 g/mol. The molecular formula is C15H25N3O2. The van der Waals surface area contributed by atoms with Gasteiger partial charge >= 0.3 is 0 Å². The van der Waals surface area contributed by atoms with E-state index in [0.717, 1.165) is 32.1 Å². The summed E-state index contributed by atoms with van der Waals surface area (Å²) in [5.74, 6) is 0.299. The lowest BCUT2D eigenvalue weighted by Crippen LogP contribution is -2.33. The first-order valence-corrected chi connectivity index (χ1v) is 7.63. The number of carbonyl (C=O) groups is 1. The van der Waals surface area contributed by atoms with Crippen LogP contribution in [-0.2, 0) is 4.79 Å². The maximum atomic E-state index is 12.1. The van der Waals surface area contributed by atoms with Crippen molar-refractivity contribution in [3.8, 4) is 0 Å². The van der Waals surface area contributed by atoms with E-state index in [1.807, 2.05) is 10.8 Å². The van der Waals surface area contributed by atoms with Crippen LogP contribution in [0.4, 0.5) is 0 Å². The van der Waals surface area contributed by atoms with E-state index in [1.165, 1.54) is 0 Å². The Labute approximate surface area is 120 Å². The van der Waals surface area contributed by atoms with Crippen LogP contribution in [0, 0.1) is 5.92 Å². The quantitative estimate of drug-likeness (QED) is 0.801. The number of hydrogen-bond acceptors (Lipinski definition) is 3. The molecule has 0 radical (unpaired) electrons. The van der Waals surface area contributed by atoms with Crippen molar-refractivity contribution in [2.24, 2.45) is 5.92 Å². The number of aliphatic hydroxyl groups excluding tert-OH is 1. The van der Waals surface area contributed by atoms with Crippen molar-refractivity contribution in [1.29, 1.82) is 0 Å². The van der Waals surface area contributed by atoms with Crippen molar-refractivity contribution in [2.75, 3.05) is 6.54 Å². The number of carbonyl (C=O) groups excluding carboxylic acids is 1. The second-order valence-corrected chi connectivity index (χ2v) is 5.72. The lowest BCUT2D eigenvalue weighted by Gasteiger charge is -2.19. The minimum absolute atomic E-state index is 0.0660. The molecule has 1 aromatic heterocycles. The number of aliphatic hydroxyl groups is 1. The average Bonchev–Trinajstić information content (AvgIpc) is 3.07. The summed E-state index contributed by atoms with van der Waals surface area (Å²) < 4.78 is 2.01. The average molecular weight is 279 g/mol. The molecule has 112 valence electrons. The van der Waals surface area contributed by atoms with E-state index < -0.39 is 0 Å². The number of rotatable bonds is 7. The van der Waals surface area contributed by atoms with Gasteiger partial charge < -0.3 is 15.0 Å². The summed E-state index contributed by atoms with van der Waals surface area (Å²) in [6, 6.07) is 0.177. The predicted octanol–water partition coefficient (Wildman–Crippen LogP) is 1.89. The van der Waals surface area contributed by atoms with Crippen molar-refractivity contribution in [3.63, 3.8) is 0 Å². The third kappa shape index (κ3) is 4.07. The van der Waals surface area contributed by atoms with Crippen LogP contribution in [0.3, 0.4) is 0 Å². The van der Waals surface area contributed by atoms with Gasteiger partial charge in [0.15, 0.2) is 0 Å². The zero-order chi connectivity index (χ0) is 14.4. The first-order valence-electron chi connectivity index (χ1n) is 7.63. The van der Waals surface area contributed by atoms with Gasteiger partial charge in [0.1, 0.15) is 0 Å². The van der Waals surface area contributed by atoms with Gasteiger partial charge in [-0.15, -0.1) is 0 Å². The van der Waals surface area contributed by atoms with Crippen molar-refractivity contribution in [3.05, 3.63) is 18.7 Å². The molecule has 1 heterocycles. The number of imidazole rings is 1. The standard InChI is InChI=1S/C15H25N3O2/c1-2-4-13(18-8-7-16-11-18)9-15(20)17-10-12-5-3-6-14(12)19/h7-8,11-14,19H,2-6,9-10H2,1H3,(H,17,20). The molecule has 1 fully saturated rings. The minimum Gasteiger partial charge on any atom is -0.393 e. The highest BCUT2D eigenvalue weighted by Crippen LogP contribution is 2.25. The Bertz CT molecular complexity index is 405.